The summed E-state index contributed by atoms with van der Waals surface area (Å²) in [6, 6.07) is 9.51. The third-order valence-corrected chi connectivity index (χ3v) is 5.08. The molecule has 1 heterocycles. The zero-order chi connectivity index (χ0) is 22.7. The smallest absolute Gasteiger partial charge is 0.295 e. The van der Waals surface area contributed by atoms with Crippen molar-refractivity contribution < 1.29 is 24.0 Å². The van der Waals surface area contributed by atoms with Crippen LogP contribution in [0.15, 0.2) is 54.1 Å². The standard InChI is InChI=1S/C22H22FN3O5/c1-24(2)12-3-13-25-19(14-6-10-17(11-7-14)26(30)31)18(21(28)22(25)29)20(27)15-4-8-16(23)9-5-15/h4-11,19,27H,3,12-13H2,1-2H3/t19-/m1/s1. The van der Waals surface area contributed by atoms with E-state index in [9.17, 15) is 29.2 Å². The van der Waals surface area contributed by atoms with Gasteiger partial charge in [0.25, 0.3) is 17.4 Å². The Hall–Kier alpha value is -3.59. The van der Waals surface area contributed by atoms with Gasteiger partial charge in [-0.1, -0.05) is 0 Å². The molecule has 162 valence electrons. The average molecular weight is 427 g/mol. The lowest BCUT2D eigenvalue weighted by Crippen LogP contribution is -2.32. The number of hydrogen-bond donors (Lipinski definition) is 1. The van der Waals surface area contributed by atoms with Gasteiger partial charge >= 0.3 is 0 Å². The molecule has 1 atom stereocenters. The van der Waals surface area contributed by atoms with Gasteiger partial charge in [-0.25, -0.2) is 4.39 Å². The molecule has 1 fully saturated rings. The van der Waals surface area contributed by atoms with Gasteiger partial charge in [0, 0.05) is 24.2 Å². The van der Waals surface area contributed by atoms with Crippen molar-refractivity contribution in [3.63, 3.8) is 0 Å². The molecule has 1 aliphatic heterocycles. The van der Waals surface area contributed by atoms with Gasteiger partial charge < -0.3 is 14.9 Å². The third kappa shape index (κ3) is 4.61. The van der Waals surface area contributed by atoms with Crippen LogP contribution in [0.3, 0.4) is 0 Å². The average Bonchev–Trinajstić information content (AvgIpc) is 2.98. The summed E-state index contributed by atoms with van der Waals surface area (Å²) in [4.78, 5) is 39.4. The first-order valence-electron chi connectivity index (χ1n) is 9.64. The van der Waals surface area contributed by atoms with Gasteiger partial charge in [0.2, 0.25) is 0 Å². The predicted molar refractivity (Wildman–Crippen MR) is 112 cm³/mol. The monoisotopic (exact) mass is 427 g/mol. The highest BCUT2D eigenvalue weighted by molar-refractivity contribution is 6.46. The molecular formula is C22H22FN3O5. The van der Waals surface area contributed by atoms with Crippen molar-refractivity contribution in [1.29, 1.82) is 0 Å². The van der Waals surface area contributed by atoms with E-state index in [1.807, 2.05) is 19.0 Å². The fraction of sp³-hybridized carbons (Fsp3) is 0.273. The van der Waals surface area contributed by atoms with Crippen molar-refractivity contribution in [2.75, 3.05) is 27.2 Å². The number of nitro benzene ring substituents is 1. The Morgan fingerprint density at radius 1 is 1.13 bits per heavy atom. The van der Waals surface area contributed by atoms with Crippen LogP contribution in [-0.2, 0) is 9.59 Å². The minimum absolute atomic E-state index is 0.129. The van der Waals surface area contributed by atoms with E-state index in [0.717, 1.165) is 12.1 Å². The lowest BCUT2D eigenvalue weighted by molar-refractivity contribution is -0.384. The van der Waals surface area contributed by atoms with Gasteiger partial charge in [-0.05, 0) is 69.0 Å². The number of aliphatic hydroxyl groups excluding tert-OH is 1. The largest absolute Gasteiger partial charge is 0.507 e. The van der Waals surface area contributed by atoms with Crippen LogP contribution in [-0.4, -0.2) is 58.7 Å². The van der Waals surface area contributed by atoms with Crippen LogP contribution in [0.5, 0.6) is 0 Å². The van der Waals surface area contributed by atoms with Crippen molar-refractivity contribution in [2.24, 2.45) is 0 Å². The van der Waals surface area contributed by atoms with Crippen molar-refractivity contribution in [3.8, 4) is 0 Å². The van der Waals surface area contributed by atoms with E-state index >= 15 is 0 Å². The molecule has 0 aromatic heterocycles. The number of benzene rings is 2. The zero-order valence-corrected chi connectivity index (χ0v) is 17.1. The van der Waals surface area contributed by atoms with Gasteiger partial charge in [0.1, 0.15) is 11.6 Å². The number of nitrogens with zero attached hydrogens (tertiary/aromatic N) is 3. The molecule has 0 radical (unpaired) electrons. The van der Waals surface area contributed by atoms with Crippen LogP contribution in [0.2, 0.25) is 0 Å². The number of nitro groups is 1. The fourth-order valence-corrected chi connectivity index (χ4v) is 3.56. The highest BCUT2D eigenvalue weighted by atomic mass is 19.1. The summed E-state index contributed by atoms with van der Waals surface area (Å²) in [5, 5.41) is 21.8. The minimum atomic E-state index is -0.909. The number of rotatable bonds is 7. The molecule has 2 aromatic rings. The van der Waals surface area contributed by atoms with Crippen LogP contribution in [0.25, 0.3) is 5.76 Å². The number of halogens is 1. The molecule has 0 unspecified atom stereocenters. The van der Waals surface area contributed by atoms with Crippen molar-refractivity contribution in [1.82, 2.24) is 9.80 Å². The molecule has 1 aliphatic rings. The summed E-state index contributed by atoms with van der Waals surface area (Å²) in [6.45, 7) is 0.929. The molecule has 1 N–H and O–H groups in total. The summed E-state index contributed by atoms with van der Waals surface area (Å²) >= 11 is 0. The Kier molecular flexibility index (Phi) is 6.45. The quantitative estimate of drug-likeness (QED) is 0.239. The van der Waals surface area contributed by atoms with Crippen molar-refractivity contribution >= 4 is 23.1 Å². The molecule has 0 aliphatic carbocycles. The Bertz CT molecular complexity index is 1030. The topological polar surface area (TPSA) is 104 Å². The number of amides is 1. The Balaban J connectivity index is 2.09. The van der Waals surface area contributed by atoms with Gasteiger partial charge in [-0.2, -0.15) is 0 Å². The summed E-state index contributed by atoms with van der Waals surface area (Å²) in [5.74, 6) is -2.54. The van der Waals surface area contributed by atoms with Gasteiger partial charge in [-0.3, -0.25) is 19.7 Å². The number of Topliss-reactive ketones (excluding diaryl/α,β-unsaturated/α-hetero) is 1. The second-order valence-electron chi connectivity index (χ2n) is 7.50. The van der Waals surface area contributed by atoms with E-state index in [-0.39, 0.29) is 23.4 Å². The molecular weight excluding hydrogens is 405 g/mol. The molecule has 1 amide bonds. The second-order valence-corrected chi connectivity index (χ2v) is 7.50. The number of carbonyl (C=O) groups is 2. The van der Waals surface area contributed by atoms with Gasteiger partial charge in [-0.15, -0.1) is 0 Å². The van der Waals surface area contributed by atoms with Crippen LogP contribution in [0.1, 0.15) is 23.6 Å². The van der Waals surface area contributed by atoms with E-state index in [4.69, 9.17) is 0 Å². The van der Waals surface area contributed by atoms with E-state index < -0.39 is 34.2 Å². The highest BCUT2D eigenvalue weighted by Gasteiger charge is 2.45. The molecule has 0 spiro atoms. The lowest BCUT2D eigenvalue weighted by atomic mass is 9.95. The second kappa shape index (κ2) is 9.05. The molecule has 3 rings (SSSR count). The zero-order valence-electron chi connectivity index (χ0n) is 17.1. The van der Waals surface area contributed by atoms with Crippen LogP contribution >= 0.6 is 0 Å². The highest BCUT2D eigenvalue weighted by Crippen LogP contribution is 2.39. The van der Waals surface area contributed by atoms with Crippen LogP contribution < -0.4 is 0 Å². The molecule has 31 heavy (non-hydrogen) atoms. The Morgan fingerprint density at radius 2 is 1.74 bits per heavy atom. The summed E-state index contributed by atoms with van der Waals surface area (Å²) in [5.41, 5.74) is 0.389. The molecule has 1 saturated heterocycles. The lowest BCUT2D eigenvalue weighted by Gasteiger charge is -2.25. The van der Waals surface area contributed by atoms with Crippen molar-refractivity contribution in [3.05, 3.63) is 81.2 Å². The first-order chi connectivity index (χ1) is 14.7. The fourth-order valence-electron chi connectivity index (χ4n) is 3.56. The first kappa shape index (κ1) is 22.1. The predicted octanol–water partition coefficient (Wildman–Crippen LogP) is 3.11. The number of ketones is 1. The SMILES string of the molecule is CN(C)CCCN1C(=O)C(=O)C(=C(O)c2ccc(F)cc2)[C@H]1c1ccc([N+](=O)[O-])cc1. The maximum absolute atomic E-state index is 13.3. The van der Waals surface area contributed by atoms with Gasteiger partial charge in [0.05, 0.1) is 16.5 Å². The normalized spacial score (nSPS) is 18.1. The van der Waals surface area contributed by atoms with Crippen LogP contribution in [0, 0.1) is 15.9 Å². The number of aliphatic hydroxyl groups is 1. The number of hydrogen-bond acceptors (Lipinski definition) is 6. The molecule has 8 nitrogen and oxygen atoms in total. The Labute approximate surface area is 178 Å². The number of non-ortho nitro benzene ring substituents is 1. The first-order valence-corrected chi connectivity index (χ1v) is 9.64. The van der Waals surface area contributed by atoms with Crippen LogP contribution in [0.4, 0.5) is 10.1 Å². The van der Waals surface area contributed by atoms with Gasteiger partial charge in [0.15, 0.2) is 0 Å². The minimum Gasteiger partial charge on any atom is -0.507 e. The molecule has 2 aromatic carbocycles. The third-order valence-electron chi connectivity index (χ3n) is 5.08. The summed E-state index contributed by atoms with van der Waals surface area (Å²) < 4.78 is 13.3. The summed E-state index contributed by atoms with van der Waals surface area (Å²) in [7, 11) is 3.77. The Morgan fingerprint density at radius 3 is 2.29 bits per heavy atom. The molecule has 9 heteroatoms. The molecule has 0 bridgehead atoms. The maximum Gasteiger partial charge on any atom is 0.295 e. The van der Waals surface area contributed by atoms with E-state index in [1.54, 1.807) is 0 Å². The number of likely N-dealkylation sites (tertiary alicyclic amines) is 1. The van der Waals surface area contributed by atoms with E-state index in [0.29, 0.717) is 18.5 Å². The van der Waals surface area contributed by atoms with Crippen molar-refractivity contribution in [2.45, 2.75) is 12.5 Å². The van der Waals surface area contributed by atoms with E-state index in [1.165, 1.54) is 41.3 Å². The molecule has 0 saturated carbocycles. The maximum atomic E-state index is 13.3. The number of carbonyl (C=O) groups excluding carboxylic acids is 2. The summed E-state index contributed by atoms with van der Waals surface area (Å²) in [6.07, 6.45) is 0.583. The van der Waals surface area contributed by atoms with E-state index in [2.05, 4.69) is 0 Å².